The van der Waals surface area contributed by atoms with Gasteiger partial charge in [0, 0.05) is 17.8 Å². The minimum atomic E-state index is -3.42. The van der Waals surface area contributed by atoms with E-state index in [0.29, 0.717) is 12.8 Å². The third kappa shape index (κ3) is 3.78. The van der Waals surface area contributed by atoms with E-state index in [0.717, 1.165) is 18.5 Å². The van der Waals surface area contributed by atoms with E-state index in [1.165, 1.54) is 17.5 Å². The van der Waals surface area contributed by atoms with Crippen LogP contribution in [-0.2, 0) is 27.7 Å². The summed E-state index contributed by atoms with van der Waals surface area (Å²) in [4.78, 5) is 16.2. The first kappa shape index (κ1) is 18.1. The van der Waals surface area contributed by atoms with Gasteiger partial charge in [-0.1, -0.05) is 12.1 Å². The smallest absolute Gasteiger partial charge is 0.240 e. The van der Waals surface area contributed by atoms with Crippen LogP contribution in [0.5, 0.6) is 0 Å². The molecule has 2 aromatic rings. The largest absolute Gasteiger partial charge is 0.336 e. The van der Waals surface area contributed by atoms with Crippen LogP contribution in [0.15, 0.2) is 40.6 Å². The topological polar surface area (TPSA) is 66.5 Å². The van der Waals surface area contributed by atoms with Gasteiger partial charge < -0.3 is 4.90 Å². The van der Waals surface area contributed by atoms with E-state index in [2.05, 4.69) is 23.1 Å². The number of fused-ring (bicyclic) bond motifs is 1. The number of amides is 1. The van der Waals surface area contributed by atoms with Crippen molar-refractivity contribution in [2.45, 2.75) is 37.1 Å². The molecule has 5 nitrogen and oxygen atoms in total. The molecule has 1 aliphatic rings. The molecule has 0 bridgehead atoms. The standard InChI is InChI=1S/C18H22N2O3S2/c1-13-16-10-12-24-17(16)9-11-20(13)18(21)8-5-14-3-6-15(7-4-14)25(22,23)19-2/h3-4,6-7,10,12-13,19H,5,8-9,11H2,1-2H3/t13-/m0/s1. The average Bonchev–Trinajstić information content (AvgIpc) is 3.10. The SMILES string of the molecule is CNS(=O)(=O)c1ccc(CCC(=O)N2CCc3sccc3[C@@H]2C)cc1. The van der Waals surface area contributed by atoms with Gasteiger partial charge in [-0.15, -0.1) is 11.3 Å². The van der Waals surface area contributed by atoms with Gasteiger partial charge in [0.1, 0.15) is 0 Å². The molecule has 1 aromatic carbocycles. The van der Waals surface area contributed by atoms with Gasteiger partial charge in [-0.05, 0) is 61.5 Å². The molecule has 0 saturated carbocycles. The van der Waals surface area contributed by atoms with Crippen LogP contribution < -0.4 is 4.72 Å². The zero-order chi connectivity index (χ0) is 18.0. The van der Waals surface area contributed by atoms with Crippen molar-refractivity contribution >= 4 is 27.3 Å². The van der Waals surface area contributed by atoms with Crippen LogP contribution in [0.3, 0.4) is 0 Å². The Morgan fingerprint density at radius 3 is 2.68 bits per heavy atom. The second-order valence-electron chi connectivity index (χ2n) is 6.16. The van der Waals surface area contributed by atoms with Crippen LogP contribution in [0, 0.1) is 0 Å². The van der Waals surface area contributed by atoms with E-state index >= 15 is 0 Å². The monoisotopic (exact) mass is 378 g/mol. The van der Waals surface area contributed by atoms with Crippen LogP contribution in [0.25, 0.3) is 0 Å². The fourth-order valence-corrected chi connectivity index (χ4v) is 4.89. The molecule has 0 aliphatic carbocycles. The molecule has 1 atom stereocenters. The fourth-order valence-electron chi connectivity index (χ4n) is 3.20. The van der Waals surface area contributed by atoms with Gasteiger partial charge in [-0.25, -0.2) is 13.1 Å². The number of nitrogens with one attached hydrogen (secondary N) is 1. The number of hydrogen-bond acceptors (Lipinski definition) is 4. The van der Waals surface area contributed by atoms with E-state index in [-0.39, 0.29) is 16.8 Å². The molecule has 25 heavy (non-hydrogen) atoms. The lowest BCUT2D eigenvalue weighted by atomic mass is 10.0. The Morgan fingerprint density at radius 1 is 1.28 bits per heavy atom. The number of rotatable bonds is 5. The van der Waals surface area contributed by atoms with Gasteiger partial charge >= 0.3 is 0 Å². The second-order valence-corrected chi connectivity index (χ2v) is 9.05. The maximum absolute atomic E-state index is 12.6. The quantitative estimate of drug-likeness (QED) is 0.870. The molecule has 1 aromatic heterocycles. The van der Waals surface area contributed by atoms with Gasteiger partial charge in [-0.2, -0.15) is 0 Å². The molecule has 1 N–H and O–H groups in total. The average molecular weight is 379 g/mol. The zero-order valence-corrected chi connectivity index (χ0v) is 16.0. The summed E-state index contributed by atoms with van der Waals surface area (Å²) in [6.45, 7) is 2.85. The number of carbonyl (C=O) groups excluding carboxylic acids is 1. The third-order valence-electron chi connectivity index (χ3n) is 4.73. The maximum atomic E-state index is 12.6. The van der Waals surface area contributed by atoms with E-state index in [4.69, 9.17) is 0 Å². The van der Waals surface area contributed by atoms with E-state index in [1.807, 2.05) is 4.90 Å². The normalized spacial score (nSPS) is 17.4. The van der Waals surface area contributed by atoms with Crippen molar-refractivity contribution in [3.63, 3.8) is 0 Å². The van der Waals surface area contributed by atoms with E-state index in [9.17, 15) is 13.2 Å². The molecule has 0 radical (unpaired) electrons. The Morgan fingerprint density at radius 2 is 2.00 bits per heavy atom. The van der Waals surface area contributed by atoms with E-state index in [1.54, 1.807) is 35.6 Å². The summed E-state index contributed by atoms with van der Waals surface area (Å²) in [6, 6.07) is 8.94. The predicted molar refractivity (Wildman–Crippen MR) is 99.2 cm³/mol. The highest BCUT2D eigenvalue weighted by molar-refractivity contribution is 7.89. The van der Waals surface area contributed by atoms with Crippen LogP contribution >= 0.6 is 11.3 Å². The van der Waals surface area contributed by atoms with Crippen molar-refractivity contribution in [1.29, 1.82) is 0 Å². The fraction of sp³-hybridized carbons (Fsp3) is 0.389. The highest BCUT2D eigenvalue weighted by Crippen LogP contribution is 2.33. The number of carbonyl (C=O) groups is 1. The zero-order valence-electron chi connectivity index (χ0n) is 14.4. The van der Waals surface area contributed by atoms with Crippen LogP contribution in [0.1, 0.15) is 35.4 Å². The summed E-state index contributed by atoms with van der Waals surface area (Å²) in [7, 11) is -2.03. The Hall–Kier alpha value is -1.70. The summed E-state index contributed by atoms with van der Waals surface area (Å²) < 4.78 is 25.8. The highest BCUT2D eigenvalue weighted by Gasteiger charge is 2.27. The van der Waals surface area contributed by atoms with Gasteiger partial charge in [0.05, 0.1) is 10.9 Å². The van der Waals surface area contributed by atoms with Crippen molar-refractivity contribution in [2.75, 3.05) is 13.6 Å². The van der Waals surface area contributed by atoms with Crippen molar-refractivity contribution in [1.82, 2.24) is 9.62 Å². The van der Waals surface area contributed by atoms with Gasteiger partial charge in [0.15, 0.2) is 0 Å². The highest BCUT2D eigenvalue weighted by atomic mass is 32.2. The lowest BCUT2D eigenvalue weighted by molar-refractivity contribution is -0.133. The summed E-state index contributed by atoms with van der Waals surface area (Å²) in [6.07, 6.45) is 1.97. The first-order chi connectivity index (χ1) is 11.9. The van der Waals surface area contributed by atoms with Crippen molar-refractivity contribution in [3.05, 3.63) is 51.7 Å². The minimum Gasteiger partial charge on any atom is -0.336 e. The Labute approximate surface area is 152 Å². The maximum Gasteiger partial charge on any atom is 0.240 e. The molecule has 1 amide bonds. The van der Waals surface area contributed by atoms with Crippen LogP contribution in [0.2, 0.25) is 0 Å². The molecule has 7 heteroatoms. The van der Waals surface area contributed by atoms with E-state index < -0.39 is 10.0 Å². The lowest BCUT2D eigenvalue weighted by Gasteiger charge is -2.33. The molecular weight excluding hydrogens is 356 g/mol. The number of sulfonamides is 1. The number of nitrogens with zero attached hydrogens (tertiary/aromatic N) is 1. The second kappa shape index (κ2) is 7.27. The van der Waals surface area contributed by atoms with Gasteiger partial charge in [0.2, 0.25) is 15.9 Å². The molecule has 0 unspecified atom stereocenters. The first-order valence-electron chi connectivity index (χ1n) is 8.30. The molecule has 0 spiro atoms. The number of hydrogen-bond donors (Lipinski definition) is 1. The lowest BCUT2D eigenvalue weighted by Crippen LogP contribution is -2.38. The number of benzene rings is 1. The minimum absolute atomic E-state index is 0.130. The van der Waals surface area contributed by atoms with Crippen LogP contribution in [-0.4, -0.2) is 32.8 Å². The van der Waals surface area contributed by atoms with Crippen LogP contribution in [0.4, 0.5) is 0 Å². The third-order valence-corrected chi connectivity index (χ3v) is 7.15. The van der Waals surface area contributed by atoms with Gasteiger partial charge in [0.25, 0.3) is 0 Å². The van der Waals surface area contributed by atoms with Crippen molar-refractivity contribution in [3.8, 4) is 0 Å². The molecule has 1 aliphatic heterocycles. The molecule has 0 saturated heterocycles. The Bertz CT molecular complexity index is 857. The number of aryl methyl sites for hydroxylation is 1. The molecule has 0 fully saturated rings. The number of thiophene rings is 1. The van der Waals surface area contributed by atoms with Gasteiger partial charge in [-0.3, -0.25) is 4.79 Å². The molecule has 2 heterocycles. The Balaban J connectivity index is 1.61. The summed E-state index contributed by atoms with van der Waals surface area (Å²) in [5, 5.41) is 2.09. The molecular formula is C18H22N2O3S2. The first-order valence-corrected chi connectivity index (χ1v) is 10.7. The molecule has 3 rings (SSSR count). The van der Waals surface area contributed by atoms with Crippen molar-refractivity contribution in [2.24, 2.45) is 0 Å². The summed E-state index contributed by atoms with van der Waals surface area (Å²) in [5.74, 6) is 0.149. The summed E-state index contributed by atoms with van der Waals surface area (Å²) >= 11 is 1.77. The van der Waals surface area contributed by atoms with Crippen molar-refractivity contribution < 1.29 is 13.2 Å². The molecule has 134 valence electrons. The predicted octanol–water partition coefficient (Wildman–Crippen LogP) is 2.73. The Kier molecular flexibility index (Phi) is 5.27. The summed E-state index contributed by atoms with van der Waals surface area (Å²) in [5.41, 5.74) is 2.23.